The summed E-state index contributed by atoms with van der Waals surface area (Å²) in [7, 11) is 0. The Labute approximate surface area is 118 Å². The van der Waals surface area contributed by atoms with E-state index in [0.29, 0.717) is 26.4 Å². The second-order valence-corrected chi connectivity index (χ2v) is 5.35. The van der Waals surface area contributed by atoms with Gasteiger partial charge in [-0.25, -0.2) is 4.68 Å². The van der Waals surface area contributed by atoms with E-state index in [9.17, 15) is 4.79 Å². The number of hydrogen-bond donors (Lipinski definition) is 0. The number of ether oxygens (including phenoxy) is 2. The van der Waals surface area contributed by atoms with E-state index in [0.717, 1.165) is 18.8 Å². The highest BCUT2D eigenvalue weighted by Crippen LogP contribution is 2.16. The molecular weight excluding hydrogens is 258 g/mol. The Morgan fingerprint density at radius 1 is 1.25 bits per heavy atom. The molecular formula is C14H21N3O3. The smallest absolute Gasteiger partial charge is 0.268 e. The van der Waals surface area contributed by atoms with Gasteiger partial charge in [0, 0.05) is 19.2 Å². The lowest BCUT2D eigenvalue weighted by Gasteiger charge is -2.28. The van der Waals surface area contributed by atoms with Crippen LogP contribution in [0.25, 0.3) is 0 Å². The Kier molecular flexibility index (Phi) is 4.32. The average Bonchev–Trinajstić information content (AvgIpc) is 2.51. The quantitative estimate of drug-likeness (QED) is 0.813. The van der Waals surface area contributed by atoms with E-state index in [1.807, 2.05) is 0 Å². The predicted octanol–water partition coefficient (Wildman–Crippen LogP) is 0.649. The van der Waals surface area contributed by atoms with Crippen LogP contribution in [0.2, 0.25) is 0 Å². The van der Waals surface area contributed by atoms with Gasteiger partial charge in [-0.3, -0.25) is 4.79 Å². The van der Waals surface area contributed by atoms with Crippen molar-refractivity contribution >= 4 is 5.69 Å². The van der Waals surface area contributed by atoms with Gasteiger partial charge in [0.05, 0.1) is 38.2 Å². The molecule has 20 heavy (non-hydrogen) atoms. The molecule has 0 radical (unpaired) electrons. The molecule has 0 spiro atoms. The van der Waals surface area contributed by atoms with E-state index in [2.05, 4.69) is 10.00 Å². The summed E-state index contributed by atoms with van der Waals surface area (Å²) in [5, 5.41) is 4.27. The summed E-state index contributed by atoms with van der Waals surface area (Å²) < 4.78 is 12.4. The standard InChI is InChI=1S/C14H21N3O3/c18-14-8-12(16-4-2-1-3-5-16)9-15-17(14)10-13-11-19-6-7-20-13/h8-9,13H,1-7,10-11H2/t13-/m0/s1. The van der Waals surface area contributed by atoms with Crippen molar-refractivity contribution in [3.8, 4) is 0 Å². The van der Waals surface area contributed by atoms with Gasteiger partial charge in [-0.2, -0.15) is 5.10 Å². The monoisotopic (exact) mass is 279 g/mol. The third-order valence-electron chi connectivity index (χ3n) is 3.84. The lowest BCUT2D eigenvalue weighted by molar-refractivity contribution is -0.0950. The highest BCUT2D eigenvalue weighted by molar-refractivity contribution is 5.43. The fourth-order valence-electron chi connectivity index (χ4n) is 2.72. The number of rotatable bonds is 3. The Hall–Kier alpha value is -1.40. The molecule has 0 bridgehead atoms. The maximum atomic E-state index is 12.1. The third-order valence-corrected chi connectivity index (χ3v) is 3.84. The first-order valence-electron chi connectivity index (χ1n) is 7.34. The van der Waals surface area contributed by atoms with Gasteiger partial charge in [-0.05, 0) is 19.3 Å². The number of hydrogen-bond acceptors (Lipinski definition) is 5. The molecule has 6 nitrogen and oxygen atoms in total. The van der Waals surface area contributed by atoms with Crippen LogP contribution < -0.4 is 10.5 Å². The summed E-state index contributed by atoms with van der Waals surface area (Å²) in [6.45, 7) is 4.24. The van der Waals surface area contributed by atoms with Crippen molar-refractivity contribution in [1.29, 1.82) is 0 Å². The highest BCUT2D eigenvalue weighted by Gasteiger charge is 2.17. The van der Waals surface area contributed by atoms with Gasteiger partial charge in [0.1, 0.15) is 6.10 Å². The molecule has 3 heterocycles. The molecule has 2 aliphatic heterocycles. The summed E-state index contributed by atoms with van der Waals surface area (Å²) in [6, 6.07) is 1.68. The Balaban J connectivity index is 1.68. The van der Waals surface area contributed by atoms with E-state index < -0.39 is 0 Å². The Morgan fingerprint density at radius 2 is 2.10 bits per heavy atom. The van der Waals surface area contributed by atoms with Crippen molar-refractivity contribution in [3.63, 3.8) is 0 Å². The predicted molar refractivity (Wildman–Crippen MR) is 75.1 cm³/mol. The molecule has 1 atom stereocenters. The molecule has 1 aromatic rings. The molecule has 2 aliphatic rings. The van der Waals surface area contributed by atoms with Gasteiger partial charge in [-0.1, -0.05) is 0 Å². The fourth-order valence-corrected chi connectivity index (χ4v) is 2.72. The summed E-state index contributed by atoms with van der Waals surface area (Å²) in [5.41, 5.74) is 0.869. The Morgan fingerprint density at radius 3 is 2.80 bits per heavy atom. The molecule has 0 amide bonds. The number of aromatic nitrogens is 2. The fraction of sp³-hybridized carbons (Fsp3) is 0.714. The molecule has 3 rings (SSSR count). The van der Waals surface area contributed by atoms with E-state index in [4.69, 9.17) is 9.47 Å². The van der Waals surface area contributed by atoms with Crippen LogP contribution in [0, 0.1) is 0 Å². The topological polar surface area (TPSA) is 56.6 Å². The molecule has 6 heteroatoms. The van der Waals surface area contributed by atoms with Crippen molar-refractivity contribution in [2.75, 3.05) is 37.8 Å². The van der Waals surface area contributed by atoms with E-state index in [1.54, 1.807) is 12.3 Å². The zero-order chi connectivity index (χ0) is 13.8. The van der Waals surface area contributed by atoms with Crippen LogP contribution in [-0.4, -0.2) is 48.8 Å². The zero-order valence-corrected chi connectivity index (χ0v) is 11.7. The van der Waals surface area contributed by atoms with Crippen LogP contribution in [0.15, 0.2) is 17.1 Å². The molecule has 0 aliphatic carbocycles. The van der Waals surface area contributed by atoms with E-state index >= 15 is 0 Å². The van der Waals surface area contributed by atoms with Crippen LogP contribution in [0.4, 0.5) is 5.69 Å². The molecule has 0 saturated carbocycles. The lowest BCUT2D eigenvalue weighted by Crippen LogP contribution is -2.37. The number of anilines is 1. The number of nitrogens with zero attached hydrogens (tertiary/aromatic N) is 3. The third kappa shape index (κ3) is 3.19. The van der Waals surface area contributed by atoms with Crippen LogP contribution in [0.1, 0.15) is 19.3 Å². The molecule has 0 unspecified atom stereocenters. The average molecular weight is 279 g/mol. The molecule has 2 fully saturated rings. The maximum Gasteiger partial charge on any atom is 0.268 e. The highest BCUT2D eigenvalue weighted by atomic mass is 16.6. The van der Waals surface area contributed by atoms with Crippen molar-refractivity contribution in [2.45, 2.75) is 31.9 Å². The van der Waals surface area contributed by atoms with E-state index in [1.165, 1.54) is 23.9 Å². The summed E-state index contributed by atoms with van der Waals surface area (Å²) >= 11 is 0. The van der Waals surface area contributed by atoms with E-state index in [-0.39, 0.29) is 11.7 Å². The number of piperidine rings is 1. The first-order chi connectivity index (χ1) is 9.83. The largest absolute Gasteiger partial charge is 0.376 e. The summed E-state index contributed by atoms with van der Waals surface area (Å²) in [6.07, 6.45) is 5.37. The van der Waals surface area contributed by atoms with Crippen LogP contribution in [-0.2, 0) is 16.0 Å². The minimum Gasteiger partial charge on any atom is -0.376 e. The van der Waals surface area contributed by atoms with Gasteiger partial charge in [-0.15, -0.1) is 0 Å². The first-order valence-corrected chi connectivity index (χ1v) is 7.34. The minimum absolute atomic E-state index is 0.0674. The SMILES string of the molecule is O=c1cc(N2CCCCC2)cnn1C[C@H]1COCCO1. The van der Waals surface area contributed by atoms with Gasteiger partial charge >= 0.3 is 0 Å². The molecule has 0 aromatic carbocycles. The van der Waals surface area contributed by atoms with Crippen molar-refractivity contribution in [2.24, 2.45) is 0 Å². The second kappa shape index (κ2) is 6.37. The molecule has 1 aromatic heterocycles. The van der Waals surface area contributed by atoms with Gasteiger partial charge in [0.2, 0.25) is 0 Å². The van der Waals surface area contributed by atoms with Crippen LogP contribution in [0.5, 0.6) is 0 Å². The normalized spacial score (nSPS) is 23.8. The summed E-state index contributed by atoms with van der Waals surface area (Å²) in [5.74, 6) is 0. The van der Waals surface area contributed by atoms with Gasteiger partial charge in [0.25, 0.3) is 5.56 Å². The molecule has 0 N–H and O–H groups in total. The van der Waals surface area contributed by atoms with Crippen LogP contribution in [0.3, 0.4) is 0 Å². The second-order valence-electron chi connectivity index (χ2n) is 5.35. The van der Waals surface area contributed by atoms with Crippen molar-refractivity contribution in [1.82, 2.24) is 9.78 Å². The minimum atomic E-state index is -0.0743. The molecule has 110 valence electrons. The maximum absolute atomic E-state index is 12.1. The first kappa shape index (κ1) is 13.6. The van der Waals surface area contributed by atoms with Crippen molar-refractivity contribution in [3.05, 3.63) is 22.6 Å². The zero-order valence-electron chi connectivity index (χ0n) is 11.7. The molecule has 2 saturated heterocycles. The Bertz CT molecular complexity index is 491. The summed E-state index contributed by atoms with van der Waals surface area (Å²) in [4.78, 5) is 14.4. The van der Waals surface area contributed by atoms with Crippen molar-refractivity contribution < 1.29 is 9.47 Å². The van der Waals surface area contributed by atoms with Gasteiger partial charge in [0.15, 0.2) is 0 Å². The van der Waals surface area contributed by atoms with Crippen LogP contribution >= 0.6 is 0 Å². The van der Waals surface area contributed by atoms with Gasteiger partial charge < -0.3 is 14.4 Å². The lowest BCUT2D eigenvalue weighted by atomic mass is 10.1.